The van der Waals surface area contributed by atoms with Crippen LogP contribution < -0.4 is 9.80 Å². The number of benzene rings is 2. The fourth-order valence-electron chi connectivity index (χ4n) is 11.5. The van der Waals surface area contributed by atoms with Crippen molar-refractivity contribution in [3.63, 3.8) is 0 Å². The third-order valence-electron chi connectivity index (χ3n) is 16.1. The molecule has 3 fully saturated rings. The molecule has 20 heteroatoms. The van der Waals surface area contributed by atoms with E-state index in [-0.39, 0.29) is 86.4 Å². The number of cyclic esters (lactones) is 4. The van der Waals surface area contributed by atoms with Gasteiger partial charge in [0.25, 0.3) is 23.6 Å². The zero-order valence-corrected chi connectivity index (χ0v) is 53.3. The number of amides is 4. The van der Waals surface area contributed by atoms with Crippen molar-refractivity contribution in [2.45, 2.75) is 208 Å². The van der Waals surface area contributed by atoms with Crippen LogP contribution in [-0.4, -0.2) is 194 Å². The first-order valence-electron chi connectivity index (χ1n) is 30.2. The maximum absolute atomic E-state index is 15.1. The molecule has 20 nitrogen and oxygen atoms in total. The van der Waals surface area contributed by atoms with Gasteiger partial charge in [-0.15, -0.1) is 0 Å². The smallest absolute Gasteiger partial charge is 0.329 e. The van der Waals surface area contributed by atoms with Crippen molar-refractivity contribution in [2.75, 3.05) is 64.4 Å². The summed E-state index contributed by atoms with van der Waals surface area (Å²) in [6.45, 7) is 28.2. The third kappa shape index (κ3) is 17.9. The second-order valence-corrected chi connectivity index (χ2v) is 25.4. The summed E-state index contributed by atoms with van der Waals surface area (Å²) < 4.78 is 35.9. The number of carbonyl (C=O) groups is 8. The first-order chi connectivity index (χ1) is 39.4. The Morgan fingerprint density at radius 2 is 0.607 bits per heavy atom. The van der Waals surface area contributed by atoms with Gasteiger partial charge in [-0.2, -0.15) is 0 Å². The minimum atomic E-state index is -1.53. The Labute approximate surface area is 499 Å². The number of hydrogen-bond acceptors (Lipinski definition) is 16. The van der Waals surface area contributed by atoms with E-state index in [4.69, 9.17) is 28.4 Å². The number of esters is 4. The molecule has 4 amide bonds. The molecule has 4 unspecified atom stereocenters. The zero-order chi connectivity index (χ0) is 62.6. The monoisotopic (exact) mass is 1170 g/mol. The molecule has 0 aliphatic carbocycles. The van der Waals surface area contributed by atoms with Gasteiger partial charge in [-0.25, -0.2) is 19.2 Å². The quantitative estimate of drug-likeness (QED) is 0.139. The number of nitrogens with zero attached hydrogens (tertiary/aromatic N) is 6. The Morgan fingerprint density at radius 1 is 0.369 bits per heavy atom. The van der Waals surface area contributed by atoms with Crippen molar-refractivity contribution < 1.29 is 66.8 Å². The summed E-state index contributed by atoms with van der Waals surface area (Å²) in [5.74, 6) is -7.33. The summed E-state index contributed by atoms with van der Waals surface area (Å²) in [6, 6.07) is 10.4. The van der Waals surface area contributed by atoms with Gasteiger partial charge >= 0.3 is 23.9 Å². The average molecular weight is 1180 g/mol. The van der Waals surface area contributed by atoms with Gasteiger partial charge in [0.15, 0.2) is 24.4 Å². The van der Waals surface area contributed by atoms with Crippen LogP contribution in [0.15, 0.2) is 48.5 Å². The van der Waals surface area contributed by atoms with E-state index in [1.165, 1.54) is 51.8 Å². The largest absolute Gasteiger partial charge is 0.451 e. The lowest BCUT2D eigenvalue weighted by Crippen LogP contribution is -2.55. The molecule has 2 aromatic carbocycles. The highest BCUT2D eigenvalue weighted by Gasteiger charge is 2.43. The van der Waals surface area contributed by atoms with E-state index in [1.54, 1.807) is 0 Å². The first-order valence-corrected chi connectivity index (χ1v) is 30.2. The van der Waals surface area contributed by atoms with Gasteiger partial charge < -0.3 is 57.8 Å². The maximum atomic E-state index is 15.1. The van der Waals surface area contributed by atoms with E-state index < -0.39 is 96.1 Å². The maximum Gasteiger partial charge on any atom is 0.329 e. The van der Waals surface area contributed by atoms with Crippen LogP contribution in [0.25, 0.3) is 0 Å². The molecule has 3 aliphatic rings. The van der Waals surface area contributed by atoms with E-state index in [9.17, 15) is 28.8 Å². The van der Waals surface area contributed by atoms with Crippen LogP contribution in [0.2, 0.25) is 0 Å². The molecular weight excluding hydrogens is 1080 g/mol. The van der Waals surface area contributed by atoms with Crippen LogP contribution in [0.5, 0.6) is 0 Å². The lowest BCUT2D eigenvalue weighted by Gasteiger charge is -2.40. The number of anilines is 2. The molecule has 0 bridgehead atoms. The van der Waals surface area contributed by atoms with E-state index in [0.29, 0.717) is 37.6 Å². The molecule has 0 radical (unpaired) electrons. The Kier molecular flexibility index (Phi) is 25.0. The minimum Gasteiger partial charge on any atom is -0.451 e. The minimum absolute atomic E-state index is 0.0886. The Hall–Kier alpha value is -6.28. The van der Waals surface area contributed by atoms with Crippen LogP contribution in [0.3, 0.4) is 0 Å². The molecule has 3 heterocycles. The van der Waals surface area contributed by atoms with E-state index >= 15 is 9.59 Å². The number of ether oxygens (including phenoxy) is 6. The van der Waals surface area contributed by atoms with Gasteiger partial charge in [-0.3, -0.25) is 19.2 Å². The highest BCUT2D eigenvalue weighted by Crippen LogP contribution is 2.29. The summed E-state index contributed by atoms with van der Waals surface area (Å²) in [6.07, 6.45) is -5.90. The Balaban J connectivity index is 1.60. The van der Waals surface area contributed by atoms with Gasteiger partial charge in [0.2, 0.25) is 0 Å². The second-order valence-electron chi connectivity index (χ2n) is 25.4. The van der Waals surface area contributed by atoms with Gasteiger partial charge in [0.05, 0.1) is 26.4 Å². The average Bonchev–Trinajstić information content (AvgIpc) is 3.44. The highest BCUT2D eigenvalue weighted by atomic mass is 16.6. The summed E-state index contributed by atoms with van der Waals surface area (Å²) in [5, 5.41) is 0. The summed E-state index contributed by atoms with van der Waals surface area (Å²) in [4.78, 5) is 127. The van der Waals surface area contributed by atoms with Crippen molar-refractivity contribution in [1.82, 2.24) is 19.6 Å². The van der Waals surface area contributed by atoms with E-state index in [2.05, 4.69) is 37.5 Å². The van der Waals surface area contributed by atoms with Crippen LogP contribution >= 0.6 is 0 Å². The fraction of sp³-hybridized carbons (Fsp3) is 0.688. The highest BCUT2D eigenvalue weighted by molar-refractivity contribution is 5.94. The van der Waals surface area contributed by atoms with Crippen LogP contribution in [0.1, 0.15) is 134 Å². The first kappa shape index (κ1) is 68.5. The lowest BCUT2D eigenvalue weighted by atomic mass is 9.99. The van der Waals surface area contributed by atoms with Crippen LogP contribution in [0.4, 0.5) is 11.4 Å². The molecule has 5 rings (SSSR count). The molecule has 12 atom stereocenters. The van der Waals surface area contributed by atoms with Gasteiger partial charge in [-0.1, -0.05) is 79.7 Å². The molecule has 3 saturated heterocycles. The molecule has 2 aromatic rings. The Bertz CT molecular complexity index is 2350. The lowest BCUT2D eigenvalue weighted by molar-refractivity contribution is -0.176. The Morgan fingerprint density at radius 3 is 0.857 bits per heavy atom. The van der Waals surface area contributed by atoms with Gasteiger partial charge in [0, 0.05) is 76.6 Å². The van der Waals surface area contributed by atoms with E-state index in [1.807, 2.05) is 104 Å². The van der Waals surface area contributed by atoms with Crippen molar-refractivity contribution in [1.29, 1.82) is 0 Å². The molecule has 0 saturated carbocycles. The topological polar surface area (TPSA) is 211 Å². The number of rotatable bonds is 14. The van der Waals surface area contributed by atoms with Crippen molar-refractivity contribution in [3.05, 3.63) is 59.7 Å². The standard InChI is InChI=1S/C64H98N6O14/c1-37(2)27-51-61(75)81-45(13)57(71)65(15)54(30-40(7)8)64(78)84-56(32-48-21-25-50(26-22-48)70-43(11)35-80-36-44(70)12)60(74)68(18)52(28-38(3)4)62(76)82-46(14)58(72)66(16)53(29-39(5)6)63(77)83-55(59(73)67(51)17)31-47-19-23-49(24-20-47)69-41(9)33-79-34-42(69)10/h19-26,37-46,51-56H,27-36H2,1-18H3/t41?,42?,43?,44?,45-,46-,51+,52+,53+,54+,55-,56-/m1/s1. The fourth-order valence-corrected chi connectivity index (χ4v) is 11.5. The molecule has 0 N–H and O–H groups in total. The number of likely N-dealkylation sites (N-methyl/N-ethyl adjacent to an activating group) is 4. The SMILES string of the molecule is CC(C)C[C@H]1C(=O)O[C@H](Cc2ccc(N3C(C)COCC3C)cc2)C(=O)N(C)[C@@H](CC(C)C)C(=O)O[C@H](C)C(=O)N(C)[C@@H](CC(C)C)C(=O)O[C@H](Cc2ccc(N3C(C)COCC3C)cc2)C(=O)N(C)[C@@H](CC(C)C)C(=O)O[C@H](C)C(=O)N1C. The number of morpholine rings is 2. The van der Waals surface area contributed by atoms with Crippen LogP contribution in [-0.2, 0) is 79.6 Å². The molecule has 0 spiro atoms. The molecular formula is C64H98N6O14. The number of carbonyl (C=O) groups excluding carboxylic acids is 8. The predicted octanol–water partition coefficient (Wildman–Crippen LogP) is 6.89. The van der Waals surface area contributed by atoms with Crippen molar-refractivity contribution >= 4 is 58.9 Å². The summed E-state index contributed by atoms with van der Waals surface area (Å²) >= 11 is 0. The van der Waals surface area contributed by atoms with Gasteiger partial charge in [0.1, 0.15) is 24.2 Å². The zero-order valence-electron chi connectivity index (χ0n) is 53.3. The second kappa shape index (κ2) is 30.7. The number of hydrogen-bond donors (Lipinski definition) is 0. The molecule has 84 heavy (non-hydrogen) atoms. The summed E-state index contributed by atoms with van der Waals surface area (Å²) in [7, 11) is 5.63. The van der Waals surface area contributed by atoms with Crippen molar-refractivity contribution in [2.24, 2.45) is 23.7 Å². The molecule has 3 aliphatic heterocycles. The van der Waals surface area contributed by atoms with E-state index in [0.717, 1.165) is 21.2 Å². The van der Waals surface area contributed by atoms with Gasteiger partial charge in [-0.05, 0) is 126 Å². The molecule has 468 valence electrons. The summed E-state index contributed by atoms with van der Waals surface area (Å²) in [5.41, 5.74) is 3.15. The normalized spacial score (nSPS) is 28.5. The van der Waals surface area contributed by atoms with Crippen molar-refractivity contribution in [3.8, 4) is 0 Å². The molecule has 0 aromatic heterocycles. The third-order valence-corrected chi connectivity index (χ3v) is 16.1. The predicted molar refractivity (Wildman–Crippen MR) is 320 cm³/mol. The van der Waals surface area contributed by atoms with Crippen LogP contribution in [0, 0.1) is 23.7 Å².